The van der Waals surface area contributed by atoms with Gasteiger partial charge in [0.05, 0.1) is 13.2 Å². The van der Waals surface area contributed by atoms with Gasteiger partial charge in [0.25, 0.3) is 0 Å². The molecule has 0 aliphatic heterocycles. The van der Waals surface area contributed by atoms with Crippen molar-refractivity contribution in [2.75, 3.05) is 13.7 Å². The molecule has 9 heteroatoms. The number of methoxy groups -OCH3 is 1. The molecule has 0 bridgehead atoms. The van der Waals surface area contributed by atoms with Crippen molar-refractivity contribution in [2.45, 2.75) is 24.4 Å². The lowest BCUT2D eigenvalue weighted by molar-refractivity contribution is 0.185. The molecule has 0 saturated carbocycles. The summed E-state index contributed by atoms with van der Waals surface area (Å²) in [7, 11) is 1.66. The number of rotatable bonds is 7. The van der Waals surface area contributed by atoms with Gasteiger partial charge < -0.3 is 9.15 Å². The Morgan fingerprint density at radius 3 is 2.77 bits per heavy atom. The van der Waals surface area contributed by atoms with E-state index in [9.17, 15) is 4.79 Å². The van der Waals surface area contributed by atoms with Crippen LogP contribution in [-0.4, -0.2) is 33.5 Å². The van der Waals surface area contributed by atoms with Crippen molar-refractivity contribution in [3.8, 4) is 11.4 Å². The van der Waals surface area contributed by atoms with Crippen molar-refractivity contribution in [1.29, 1.82) is 0 Å². The lowest BCUT2D eigenvalue weighted by Gasteiger charge is -2.10. The Morgan fingerprint density at radius 2 is 2.00 bits per heavy atom. The molecule has 0 aliphatic carbocycles. The number of thioether (sulfide) groups is 1. The lowest BCUT2D eigenvalue weighted by Crippen LogP contribution is -2.08. The highest BCUT2D eigenvalue weighted by molar-refractivity contribution is 7.98. The van der Waals surface area contributed by atoms with Gasteiger partial charge >= 0.3 is 5.63 Å². The van der Waals surface area contributed by atoms with E-state index < -0.39 is 5.63 Å². The molecule has 1 aromatic carbocycles. The average molecular weight is 443 g/mol. The van der Waals surface area contributed by atoms with E-state index in [-0.39, 0.29) is 0 Å². The van der Waals surface area contributed by atoms with Crippen LogP contribution in [0.5, 0.6) is 0 Å². The van der Waals surface area contributed by atoms with Gasteiger partial charge in [-0.2, -0.15) is 0 Å². The Hall–Kier alpha value is -2.68. The average Bonchev–Trinajstić information content (AvgIpc) is 3.15. The molecule has 30 heavy (non-hydrogen) atoms. The summed E-state index contributed by atoms with van der Waals surface area (Å²) in [5.41, 5.74) is 2.75. The van der Waals surface area contributed by atoms with Crippen LogP contribution in [0.3, 0.4) is 0 Å². The molecule has 0 amide bonds. The van der Waals surface area contributed by atoms with Crippen molar-refractivity contribution < 1.29 is 9.15 Å². The molecule has 0 fully saturated rings. The molecule has 0 radical (unpaired) electrons. The fourth-order valence-corrected chi connectivity index (χ4v) is 4.22. The molecule has 4 rings (SSSR count). The first-order valence-electron chi connectivity index (χ1n) is 9.25. The first-order chi connectivity index (χ1) is 14.6. The third kappa shape index (κ3) is 4.26. The third-order valence-corrected chi connectivity index (χ3v) is 6.06. The summed E-state index contributed by atoms with van der Waals surface area (Å²) in [6, 6.07) is 8.91. The molecule has 0 saturated heterocycles. The molecule has 7 nitrogen and oxygen atoms in total. The van der Waals surface area contributed by atoms with Crippen LogP contribution in [0.15, 0.2) is 57.1 Å². The molecule has 3 heterocycles. The largest absolute Gasteiger partial charge is 0.423 e. The predicted molar refractivity (Wildman–Crippen MR) is 117 cm³/mol. The van der Waals surface area contributed by atoms with Gasteiger partial charge in [-0.3, -0.25) is 9.55 Å². The Balaban J connectivity index is 1.68. The lowest BCUT2D eigenvalue weighted by atomic mass is 10.1. The molecule has 0 aliphatic rings. The summed E-state index contributed by atoms with van der Waals surface area (Å²) in [4.78, 5) is 16.1. The van der Waals surface area contributed by atoms with Crippen molar-refractivity contribution in [3.63, 3.8) is 0 Å². The van der Waals surface area contributed by atoms with Crippen molar-refractivity contribution >= 4 is 34.3 Å². The van der Waals surface area contributed by atoms with Crippen LogP contribution in [0.4, 0.5) is 0 Å². The zero-order valence-corrected chi connectivity index (χ0v) is 18.0. The summed E-state index contributed by atoms with van der Waals surface area (Å²) >= 11 is 7.79. The van der Waals surface area contributed by atoms with E-state index in [0.717, 1.165) is 33.1 Å². The SMILES string of the molecule is COCCn1c(SCc2cc(=O)oc3cc(C)c(Cl)cc23)nnc1-c1ccncc1. The van der Waals surface area contributed by atoms with Crippen LogP contribution in [0, 0.1) is 6.92 Å². The maximum atomic E-state index is 12.0. The predicted octanol–water partition coefficient (Wildman–Crippen LogP) is 4.35. The normalized spacial score (nSPS) is 11.3. The molecule has 4 aromatic rings. The second kappa shape index (κ2) is 8.99. The van der Waals surface area contributed by atoms with Gasteiger partial charge in [-0.05, 0) is 42.3 Å². The Morgan fingerprint density at radius 1 is 1.20 bits per heavy atom. The number of ether oxygens (including phenoxy) is 1. The Labute approximate surface area is 182 Å². The number of nitrogens with zero attached hydrogens (tertiary/aromatic N) is 4. The van der Waals surface area contributed by atoms with E-state index in [1.807, 2.05) is 29.7 Å². The van der Waals surface area contributed by atoms with Crippen molar-refractivity contribution in [2.24, 2.45) is 0 Å². The minimum absolute atomic E-state index is 0.391. The standard InChI is InChI=1S/C21H19ClN4O3S/c1-13-9-18-16(11-17(13)22)15(10-19(27)29-18)12-30-21-25-24-20(26(21)7-8-28-2)14-3-5-23-6-4-14/h3-6,9-11H,7-8,12H2,1-2H3. The van der Waals surface area contributed by atoms with E-state index in [0.29, 0.717) is 29.5 Å². The van der Waals surface area contributed by atoms with Crippen molar-refractivity contribution in [3.05, 3.63) is 69.3 Å². The number of aryl methyl sites for hydroxylation is 1. The number of aromatic nitrogens is 4. The topological polar surface area (TPSA) is 83.0 Å². The van der Waals surface area contributed by atoms with Gasteiger partial charge in [0.15, 0.2) is 11.0 Å². The third-order valence-electron chi connectivity index (χ3n) is 4.64. The van der Waals surface area contributed by atoms with E-state index >= 15 is 0 Å². The molecule has 0 atom stereocenters. The zero-order valence-electron chi connectivity index (χ0n) is 16.5. The smallest absolute Gasteiger partial charge is 0.336 e. The highest BCUT2D eigenvalue weighted by atomic mass is 35.5. The molecule has 0 unspecified atom stereocenters. The van der Waals surface area contributed by atoms with Crippen LogP contribution >= 0.6 is 23.4 Å². The fraction of sp³-hybridized carbons (Fsp3) is 0.238. The summed E-state index contributed by atoms with van der Waals surface area (Å²) in [6.07, 6.45) is 3.44. The first kappa shape index (κ1) is 20.6. The summed E-state index contributed by atoms with van der Waals surface area (Å²) < 4.78 is 12.6. The van der Waals surface area contributed by atoms with E-state index in [1.54, 1.807) is 25.6 Å². The molecule has 0 spiro atoms. The molecular weight excluding hydrogens is 424 g/mol. The highest BCUT2D eigenvalue weighted by Gasteiger charge is 2.16. The second-order valence-electron chi connectivity index (χ2n) is 6.66. The maximum absolute atomic E-state index is 12.0. The number of hydrogen-bond acceptors (Lipinski definition) is 7. The van der Waals surface area contributed by atoms with Gasteiger partial charge in [-0.25, -0.2) is 4.79 Å². The first-order valence-corrected chi connectivity index (χ1v) is 10.6. The highest BCUT2D eigenvalue weighted by Crippen LogP contribution is 2.30. The number of fused-ring (bicyclic) bond motifs is 1. The van der Waals surface area contributed by atoms with Crippen molar-refractivity contribution in [1.82, 2.24) is 19.7 Å². The number of benzene rings is 1. The minimum Gasteiger partial charge on any atom is -0.423 e. The monoisotopic (exact) mass is 442 g/mol. The van der Waals surface area contributed by atoms with Gasteiger partial charge in [-0.1, -0.05) is 23.4 Å². The summed E-state index contributed by atoms with van der Waals surface area (Å²) in [5, 5.41) is 10.9. The van der Waals surface area contributed by atoms with Gasteiger partial charge in [0.2, 0.25) is 0 Å². The van der Waals surface area contributed by atoms with E-state index in [2.05, 4.69) is 15.2 Å². The second-order valence-corrected chi connectivity index (χ2v) is 8.01. The van der Waals surface area contributed by atoms with Crippen LogP contribution < -0.4 is 5.63 Å². The Bertz CT molecular complexity index is 1240. The zero-order chi connectivity index (χ0) is 21.1. The number of hydrogen-bond donors (Lipinski definition) is 0. The number of halogens is 1. The quantitative estimate of drug-likeness (QED) is 0.311. The van der Waals surface area contributed by atoms with Crippen LogP contribution in [0.2, 0.25) is 5.02 Å². The summed E-state index contributed by atoms with van der Waals surface area (Å²) in [6.45, 7) is 3.00. The molecule has 3 aromatic heterocycles. The van der Waals surface area contributed by atoms with E-state index in [1.165, 1.54) is 17.8 Å². The molecule has 0 N–H and O–H groups in total. The van der Waals surface area contributed by atoms with Crippen LogP contribution in [0.1, 0.15) is 11.1 Å². The molecular formula is C21H19ClN4O3S. The van der Waals surface area contributed by atoms with Gasteiger partial charge in [-0.15, -0.1) is 10.2 Å². The fourth-order valence-electron chi connectivity index (χ4n) is 3.10. The number of pyridine rings is 1. The van der Waals surface area contributed by atoms with Crippen LogP contribution in [-0.2, 0) is 17.0 Å². The molecule has 154 valence electrons. The summed E-state index contributed by atoms with van der Waals surface area (Å²) in [5.74, 6) is 1.26. The van der Waals surface area contributed by atoms with Crippen LogP contribution in [0.25, 0.3) is 22.4 Å². The Kier molecular flexibility index (Phi) is 6.17. The van der Waals surface area contributed by atoms with Gasteiger partial charge in [0, 0.05) is 47.3 Å². The van der Waals surface area contributed by atoms with E-state index in [4.69, 9.17) is 20.8 Å². The van der Waals surface area contributed by atoms with Gasteiger partial charge in [0.1, 0.15) is 5.58 Å². The maximum Gasteiger partial charge on any atom is 0.336 e. The minimum atomic E-state index is -0.391.